The van der Waals surface area contributed by atoms with Gasteiger partial charge in [0.05, 0.1) is 0 Å². The minimum atomic E-state index is -0.223. The maximum Gasteiger partial charge on any atom is 0.287 e. The van der Waals surface area contributed by atoms with Crippen molar-refractivity contribution in [2.24, 2.45) is 0 Å². The largest absolute Gasteiger partial charge is 0.451 e. The van der Waals surface area contributed by atoms with Crippen molar-refractivity contribution >= 4 is 28.5 Å². The zero-order valence-corrected chi connectivity index (χ0v) is 12.3. The van der Waals surface area contributed by atoms with Crippen LogP contribution in [0.15, 0.2) is 52.9 Å². The van der Waals surface area contributed by atoms with Gasteiger partial charge in [-0.25, -0.2) is 0 Å². The molecule has 0 atom stereocenters. The SMILES string of the molecule is Cc1ccc2cc(C(=O)NCc3ccc(Cl)cc3)oc2c1. The van der Waals surface area contributed by atoms with Crippen molar-refractivity contribution in [2.45, 2.75) is 13.5 Å². The molecule has 0 bridgehead atoms. The number of furan rings is 1. The van der Waals surface area contributed by atoms with E-state index in [2.05, 4.69) is 5.32 Å². The molecule has 0 radical (unpaired) electrons. The van der Waals surface area contributed by atoms with Crippen molar-refractivity contribution in [3.8, 4) is 0 Å². The minimum absolute atomic E-state index is 0.223. The van der Waals surface area contributed by atoms with Gasteiger partial charge < -0.3 is 9.73 Å². The van der Waals surface area contributed by atoms with Crippen molar-refractivity contribution < 1.29 is 9.21 Å². The van der Waals surface area contributed by atoms with Gasteiger partial charge in [-0.15, -0.1) is 0 Å². The van der Waals surface area contributed by atoms with Crippen LogP contribution in [0, 0.1) is 6.92 Å². The summed E-state index contributed by atoms with van der Waals surface area (Å²) in [5.74, 6) is 0.100. The molecule has 0 spiro atoms. The van der Waals surface area contributed by atoms with Crippen LogP contribution in [0.4, 0.5) is 0 Å². The number of carbonyl (C=O) groups is 1. The van der Waals surface area contributed by atoms with E-state index in [0.717, 1.165) is 22.1 Å². The fraction of sp³-hybridized carbons (Fsp3) is 0.118. The number of rotatable bonds is 3. The Morgan fingerprint density at radius 3 is 2.67 bits per heavy atom. The van der Waals surface area contributed by atoms with Crippen LogP contribution in [0.3, 0.4) is 0 Å². The van der Waals surface area contributed by atoms with Crippen molar-refractivity contribution in [1.29, 1.82) is 0 Å². The van der Waals surface area contributed by atoms with E-state index in [9.17, 15) is 4.79 Å². The lowest BCUT2D eigenvalue weighted by Gasteiger charge is -2.03. The summed E-state index contributed by atoms with van der Waals surface area (Å²) in [7, 11) is 0. The average molecular weight is 300 g/mol. The number of halogens is 1. The molecule has 2 aromatic carbocycles. The van der Waals surface area contributed by atoms with E-state index in [1.54, 1.807) is 18.2 Å². The highest BCUT2D eigenvalue weighted by Gasteiger charge is 2.11. The summed E-state index contributed by atoms with van der Waals surface area (Å²) < 4.78 is 5.59. The maximum absolute atomic E-state index is 12.1. The lowest BCUT2D eigenvalue weighted by molar-refractivity contribution is 0.0925. The highest BCUT2D eigenvalue weighted by atomic mass is 35.5. The van der Waals surface area contributed by atoms with Crippen molar-refractivity contribution in [3.63, 3.8) is 0 Å². The topological polar surface area (TPSA) is 42.2 Å². The van der Waals surface area contributed by atoms with E-state index >= 15 is 0 Å². The quantitative estimate of drug-likeness (QED) is 0.782. The Hall–Kier alpha value is -2.26. The molecule has 0 aliphatic rings. The smallest absolute Gasteiger partial charge is 0.287 e. The fourth-order valence-electron chi connectivity index (χ4n) is 2.12. The van der Waals surface area contributed by atoms with Crippen LogP contribution in [0.5, 0.6) is 0 Å². The predicted octanol–water partition coefficient (Wildman–Crippen LogP) is 4.32. The Kier molecular flexibility index (Phi) is 3.67. The molecule has 0 saturated heterocycles. The first-order valence-corrected chi connectivity index (χ1v) is 7.02. The molecule has 0 aliphatic heterocycles. The summed E-state index contributed by atoms with van der Waals surface area (Å²) >= 11 is 5.83. The summed E-state index contributed by atoms with van der Waals surface area (Å²) in [6.45, 7) is 2.42. The summed E-state index contributed by atoms with van der Waals surface area (Å²) in [6.07, 6.45) is 0. The van der Waals surface area contributed by atoms with Crippen LogP contribution in [-0.4, -0.2) is 5.91 Å². The Balaban J connectivity index is 1.73. The molecule has 3 nitrogen and oxygen atoms in total. The van der Waals surface area contributed by atoms with Crippen LogP contribution in [0.25, 0.3) is 11.0 Å². The number of benzene rings is 2. The number of hydrogen-bond donors (Lipinski definition) is 1. The molecule has 3 rings (SSSR count). The normalized spacial score (nSPS) is 10.8. The van der Waals surface area contributed by atoms with Gasteiger partial charge in [0, 0.05) is 17.0 Å². The maximum atomic E-state index is 12.1. The van der Waals surface area contributed by atoms with Crippen LogP contribution in [-0.2, 0) is 6.54 Å². The number of aryl methyl sites for hydroxylation is 1. The second-order valence-corrected chi connectivity index (χ2v) is 5.40. The Morgan fingerprint density at radius 1 is 1.14 bits per heavy atom. The zero-order valence-electron chi connectivity index (χ0n) is 11.5. The van der Waals surface area contributed by atoms with Gasteiger partial charge in [-0.3, -0.25) is 4.79 Å². The zero-order chi connectivity index (χ0) is 14.8. The third kappa shape index (κ3) is 3.09. The van der Waals surface area contributed by atoms with Gasteiger partial charge in [-0.1, -0.05) is 35.9 Å². The highest BCUT2D eigenvalue weighted by molar-refractivity contribution is 6.30. The van der Waals surface area contributed by atoms with Gasteiger partial charge in [-0.05, 0) is 42.3 Å². The van der Waals surface area contributed by atoms with Gasteiger partial charge >= 0.3 is 0 Å². The average Bonchev–Trinajstić information content (AvgIpc) is 2.89. The molecule has 0 saturated carbocycles. The second kappa shape index (κ2) is 5.62. The number of amides is 1. The first-order chi connectivity index (χ1) is 10.1. The Bertz CT molecular complexity index is 790. The van der Waals surface area contributed by atoms with E-state index in [1.165, 1.54) is 0 Å². The lowest BCUT2D eigenvalue weighted by Crippen LogP contribution is -2.22. The monoisotopic (exact) mass is 299 g/mol. The van der Waals surface area contributed by atoms with Crippen molar-refractivity contribution in [2.75, 3.05) is 0 Å². The van der Waals surface area contributed by atoms with E-state index in [4.69, 9.17) is 16.0 Å². The van der Waals surface area contributed by atoms with Crippen LogP contribution < -0.4 is 5.32 Å². The minimum Gasteiger partial charge on any atom is -0.451 e. The van der Waals surface area contributed by atoms with E-state index in [0.29, 0.717) is 17.3 Å². The van der Waals surface area contributed by atoms with E-state index in [1.807, 2.05) is 37.3 Å². The molecule has 1 aromatic heterocycles. The number of nitrogens with one attached hydrogen (secondary N) is 1. The summed E-state index contributed by atoms with van der Waals surface area (Å²) in [4.78, 5) is 12.1. The molecule has 3 aromatic rings. The molecule has 1 N–H and O–H groups in total. The molecular weight excluding hydrogens is 286 g/mol. The van der Waals surface area contributed by atoms with E-state index in [-0.39, 0.29) is 5.91 Å². The number of carbonyl (C=O) groups excluding carboxylic acids is 1. The second-order valence-electron chi connectivity index (χ2n) is 4.96. The van der Waals surface area contributed by atoms with Gasteiger partial charge in [0.1, 0.15) is 5.58 Å². The molecule has 21 heavy (non-hydrogen) atoms. The van der Waals surface area contributed by atoms with Crippen LogP contribution >= 0.6 is 11.6 Å². The first-order valence-electron chi connectivity index (χ1n) is 6.65. The number of hydrogen-bond acceptors (Lipinski definition) is 2. The third-order valence-electron chi connectivity index (χ3n) is 3.27. The summed E-state index contributed by atoms with van der Waals surface area (Å²) in [6, 6.07) is 15.0. The lowest BCUT2D eigenvalue weighted by atomic mass is 10.2. The van der Waals surface area contributed by atoms with Crippen molar-refractivity contribution in [3.05, 3.63) is 70.4 Å². The third-order valence-corrected chi connectivity index (χ3v) is 3.52. The number of fused-ring (bicyclic) bond motifs is 1. The standard InChI is InChI=1S/C17H14ClNO2/c1-11-2-5-13-9-16(21-15(13)8-11)17(20)19-10-12-3-6-14(18)7-4-12/h2-9H,10H2,1H3,(H,19,20). The Labute approximate surface area is 127 Å². The molecular formula is C17H14ClNO2. The fourth-order valence-corrected chi connectivity index (χ4v) is 2.25. The van der Waals surface area contributed by atoms with Gasteiger partial charge in [0.15, 0.2) is 5.76 Å². The molecule has 1 heterocycles. The highest BCUT2D eigenvalue weighted by Crippen LogP contribution is 2.20. The summed E-state index contributed by atoms with van der Waals surface area (Å²) in [5, 5.41) is 4.44. The van der Waals surface area contributed by atoms with Gasteiger partial charge in [-0.2, -0.15) is 0 Å². The van der Waals surface area contributed by atoms with Gasteiger partial charge in [0.2, 0.25) is 0 Å². The van der Waals surface area contributed by atoms with Crippen LogP contribution in [0.2, 0.25) is 5.02 Å². The molecule has 0 aliphatic carbocycles. The molecule has 4 heteroatoms. The molecule has 0 unspecified atom stereocenters. The van der Waals surface area contributed by atoms with Crippen molar-refractivity contribution in [1.82, 2.24) is 5.32 Å². The Morgan fingerprint density at radius 2 is 1.90 bits per heavy atom. The van der Waals surface area contributed by atoms with Crippen LogP contribution in [0.1, 0.15) is 21.7 Å². The van der Waals surface area contributed by atoms with Gasteiger partial charge in [0.25, 0.3) is 5.91 Å². The molecule has 0 fully saturated rings. The first kappa shape index (κ1) is 13.7. The predicted molar refractivity (Wildman–Crippen MR) is 83.6 cm³/mol. The molecule has 1 amide bonds. The molecule has 106 valence electrons. The van der Waals surface area contributed by atoms with E-state index < -0.39 is 0 Å². The summed E-state index contributed by atoms with van der Waals surface area (Å²) in [5.41, 5.74) is 2.82.